The maximum absolute atomic E-state index is 12.2. The number of hydrogen-bond donors (Lipinski definition) is 3. The van der Waals surface area contributed by atoms with E-state index in [1.54, 1.807) is 12.1 Å². The molecule has 3 N–H and O–H groups in total. The number of ether oxygens (including phenoxy) is 2. The standard InChI is InChI=1S/C18H16O7.Na.H/c1-24-17-7-3-11(8-16(17)21)2-6-14(19)13-5-4-12(9-15(13)20)25-10-18(22)23;;/h2-9,20-21H,10H2,1H3,(H,22,23);;/q;+1;-1/b6-2+;;. The monoisotopic (exact) mass is 368 g/mol. The van der Waals surface area contributed by atoms with Crippen LogP contribution in [0.5, 0.6) is 23.0 Å². The predicted molar refractivity (Wildman–Crippen MR) is 90.4 cm³/mol. The Morgan fingerprint density at radius 3 is 2.42 bits per heavy atom. The van der Waals surface area contributed by atoms with Gasteiger partial charge in [0, 0.05) is 6.07 Å². The Morgan fingerprint density at radius 1 is 1.12 bits per heavy atom. The number of phenols is 2. The molecule has 0 bridgehead atoms. The molecule has 0 aliphatic rings. The van der Waals surface area contributed by atoms with Crippen LogP contribution in [-0.2, 0) is 4.79 Å². The van der Waals surface area contributed by atoms with Crippen molar-refractivity contribution < 1.29 is 65.4 Å². The zero-order chi connectivity index (χ0) is 18.4. The normalized spacial score (nSPS) is 10.2. The Bertz CT molecular complexity index is 836. The number of phenolic OH excluding ortho intramolecular Hbond substituents is 2. The van der Waals surface area contributed by atoms with Crippen molar-refractivity contribution in [1.29, 1.82) is 0 Å². The van der Waals surface area contributed by atoms with Crippen molar-refractivity contribution >= 4 is 17.8 Å². The van der Waals surface area contributed by atoms with Crippen molar-refractivity contribution in [2.24, 2.45) is 0 Å². The van der Waals surface area contributed by atoms with Gasteiger partial charge in [-0.05, 0) is 35.9 Å². The number of carbonyl (C=O) groups is 2. The number of carboxylic acids is 1. The summed E-state index contributed by atoms with van der Waals surface area (Å²) in [6.07, 6.45) is 2.73. The van der Waals surface area contributed by atoms with Crippen LogP contribution < -0.4 is 39.0 Å². The van der Waals surface area contributed by atoms with Crippen molar-refractivity contribution in [2.75, 3.05) is 13.7 Å². The molecule has 0 spiro atoms. The van der Waals surface area contributed by atoms with Gasteiger partial charge in [0.1, 0.15) is 11.5 Å². The van der Waals surface area contributed by atoms with Gasteiger partial charge < -0.3 is 26.2 Å². The molecule has 0 heterocycles. The molecule has 0 aromatic heterocycles. The summed E-state index contributed by atoms with van der Waals surface area (Å²) in [6.45, 7) is -0.548. The topological polar surface area (TPSA) is 113 Å². The Labute approximate surface area is 173 Å². The molecule has 2 rings (SSSR count). The number of ketones is 1. The number of hydrogen-bond acceptors (Lipinski definition) is 6. The van der Waals surface area contributed by atoms with Gasteiger partial charge in [-0.1, -0.05) is 12.1 Å². The minimum atomic E-state index is -1.15. The second-order valence-corrected chi connectivity index (χ2v) is 4.99. The maximum Gasteiger partial charge on any atom is 1.00 e. The molecule has 8 heteroatoms. The number of carbonyl (C=O) groups excluding carboxylic acids is 1. The molecule has 0 aliphatic carbocycles. The molecule has 132 valence electrons. The first-order valence-electron chi connectivity index (χ1n) is 7.17. The molecule has 0 radical (unpaired) electrons. The van der Waals surface area contributed by atoms with Crippen molar-refractivity contribution in [3.63, 3.8) is 0 Å². The maximum atomic E-state index is 12.2. The van der Waals surface area contributed by atoms with Crippen LogP contribution >= 0.6 is 0 Å². The first-order valence-corrected chi connectivity index (χ1v) is 7.17. The molecule has 0 saturated carbocycles. The van der Waals surface area contributed by atoms with Gasteiger partial charge in [-0.3, -0.25) is 4.79 Å². The second kappa shape index (κ2) is 9.86. The van der Waals surface area contributed by atoms with Crippen LogP contribution in [0, 0.1) is 0 Å². The van der Waals surface area contributed by atoms with E-state index < -0.39 is 18.4 Å². The van der Waals surface area contributed by atoms with Crippen molar-refractivity contribution in [3.05, 3.63) is 53.6 Å². The number of allylic oxidation sites excluding steroid dienone is 1. The largest absolute Gasteiger partial charge is 1.00 e. The fourth-order valence-electron chi connectivity index (χ4n) is 2.03. The van der Waals surface area contributed by atoms with E-state index >= 15 is 0 Å². The van der Waals surface area contributed by atoms with Gasteiger partial charge in [-0.15, -0.1) is 0 Å². The first kappa shape index (κ1) is 21.6. The minimum absolute atomic E-state index is 0. The van der Waals surface area contributed by atoms with Crippen LogP contribution in [-0.4, -0.2) is 40.8 Å². The van der Waals surface area contributed by atoms with Gasteiger partial charge in [0.05, 0.1) is 12.7 Å². The third-order valence-corrected chi connectivity index (χ3v) is 3.23. The van der Waals surface area contributed by atoms with Crippen LogP contribution in [0.2, 0.25) is 0 Å². The molecular formula is C18H17NaO7. The number of aromatic hydroxyl groups is 2. The molecule has 0 atom stereocenters. The Kier molecular flexibility index (Phi) is 8.18. The molecule has 0 saturated heterocycles. The molecule has 7 nitrogen and oxygen atoms in total. The van der Waals surface area contributed by atoms with E-state index in [1.165, 1.54) is 43.5 Å². The molecule has 0 amide bonds. The van der Waals surface area contributed by atoms with Gasteiger partial charge in [0.15, 0.2) is 23.9 Å². The zero-order valence-corrected chi connectivity index (χ0v) is 16.3. The number of carboxylic acid groups (broad SMARTS) is 1. The summed E-state index contributed by atoms with van der Waals surface area (Å²) >= 11 is 0. The van der Waals surface area contributed by atoms with E-state index in [9.17, 15) is 19.8 Å². The number of benzene rings is 2. The summed E-state index contributed by atoms with van der Waals surface area (Å²) in [5.41, 5.74) is 0.615. The van der Waals surface area contributed by atoms with Crippen LogP contribution in [0.25, 0.3) is 6.08 Å². The van der Waals surface area contributed by atoms with E-state index in [0.717, 1.165) is 0 Å². The average molecular weight is 368 g/mol. The van der Waals surface area contributed by atoms with Crippen LogP contribution in [0.15, 0.2) is 42.5 Å². The Hall–Kier alpha value is -2.48. The quantitative estimate of drug-likeness (QED) is 0.346. The van der Waals surface area contributed by atoms with E-state index in [1.807, 2.05) is 0 Å². The van der Waals surface area contributed by atoms with Crippen molar-refractivity contribution in [3.8, 4) is 23.0 Å². The van der Waals surface area contributed by atoms with Crippen LogP contribution in [0.4, 0.5) is 0 Å². The third kappa shape index (κ3) is 5.80. The van der Waals surface area contributed by atoms with Crippen molar-refractivity contribution in [2.45, 2.75) is 0 Å². The van der Waals surface area contributed by atoms with E-state index in [0.29, 0.717) is 11.3 Å². The second-order valence-electron chi connectivity index (χ2n) is 4.99. The number of rotatable bonds is 7. The van der Waals surface area contributed by atoms with Gasteiger partial charge >= 0.3 is 35.5 Å². The van der Waals surface area contributed by atoms with Crippen LogP contribution in [0.3, 0.4) is 0 Å². The van der Waals surface area contributed by atoms with Crippen molar-refractivity contribution in [1.82, 2.24) is 0 Å². The summed E-state index contributed by atoms with van der Waals surface area (Å²) in [4.78, 5) is 22.6. The smallest absolute Gasteiger partial charge is 1.00 e. The molecular weight excluding hydrogens is 351 g/mol. The molecule has 0 fully saturated rings. The fraction of sp³-hybridized carbons (Fsp3) is 0.111. The SMILES string of the molecule is COc1ccc(/C=C/C(=O)c2ccc(OCC(=O)O)cc2O)cc1O.[H-].[Na+]. The Balaban J connectivity index is 0.00000338. The summed E-state index contributed by atoms with van der Waals surface area (Å²) < 4.78 is 9.85. The summed E-state index contributed by atoms with van der Waals surface area (Å²) in [6, 6.07) is 8.55. The molecule has 0 unspecified atom stereocenters. The average Bonchev–Trinajstić information content (AvgIpc) is 2.58. The zero-order valence-electron chi connectivity index (χ0n) is 15.3. The summed E-state index contributed by atoms with van der Waals surface area (Å²) in [7, 11) is 1.43. The predicted octanol–water partition coefficient (Wildman–Crippen LogP) is -0.418. The first-order chi connectivity index (χ1) is 11.9. The fourth-order valence-corrected chi connectivity index (χ4v) is 2.03. The van der Waals surface area contributed by atoms with Crippen LogP contribution in [0.1, 0.15) is 17.3 Å². The molecule has 0 aliphatic heterocycles. The minimum Gasteiger partial charge on any atom is -1.00 e. The Morgan fingerprint density at radius 2 is 1.85 bits per heavy atom. The molecule has 2 aromatic carbocycles. The number of aliphatic carboxylic acids is 1. The molecule has 2 aromatic rings. The number of methoxy groups -OCH3 is 1. The summed E-state index contributed by atoms with van der Waals surface area (Å²) in [5.74, 6) is -1.53. The van der Waals surface area contributed by atoms with Gasteiger partial charge in [0.25, 0.3) is 0 Å². The van der Waals surface area contributed by atoms with Gasteiger partial charge in [0.2, 0.25) is 0 Å². The summed E-state index contributed by atoms with van der Waals surface area (Å²) in [5, 5.41) is 28.1. The van der Waals surface area contributed by atoms with Gasteiger partial charge in [-0.2, -0.15) is 0 Å². The van der Waals surface area contributed by atoms with Gasteiger partial charge in [-0.25, -0.2) is 4.79 Å². The van der Waals surface area contributed by atoms with E-state index in [-0.39, 0.29) is 53.8 Å². The third-order valence-electron chi connectivity index (χ3n) is 3.23. The van der Waals surface area contributed by atoms with E-state index in [4.69, 9.17) is 14.6 Å². The molecule has 26 heavy (non-hydrogen) atoms. The van der Waals surface area contributed by atoms with E-state index in [2.05, 4.69) is 0 Å².